The van der Waals surface area contributed by atoms with Gasteiger partial charge in [0.15, 0.2) is 0 Å². The molecule has 0 bridgehead atoms. The van der Waals surface area contributed by atoms with E-state index in [0.717, 1.165) is 25.7 Å². The zero-order valence-corrected chi connectivity index (χ0v) is 8.33. The Balaban J connectivity index is 2.31. The summed E-state index contributed by atoms with van der Waals surface area (Å²) in [6.07, 6.45) is 4.41. The van der Waals surface area contributed by atoms with Gasteiger partial charge in [-0.15, -0.1) is 0 Å². The van der Waals surface area contributed by atoms with Crippen LogP contribution in [-0.2, 0) is 4.79 Å². The van der Waals surface area contributed by atoms with Crippen LogP contribution in [0.5, 0.6) is 0 Å². The van der Waals surface area contributed by atoms with Gasteiger partial charge in [0.05, 0.1) is 18.4 Å². The Hall–Kier alpha value is -1.08. The lowest BCUT2D eigenvalue weighted by molar-refractivity contribution is -0.126. The molecule has 1 saturated carbocycles. The summed E-state index contributed by atoms with van der Waals surface area (Å²) in [7, 11) is 0. The number of rotatable bonds is 3. The normalized spacial score (nSPS) is 26.6. The van der Waals surface area contributed by atoms with Crippen LogP contribution in [0.3, 0.4) is 0 Å². The molecule has 2 atom stereocenters. The zero-order valence-electron chi connectivity index (χ0n) is 8.33. The van der Waals surface area contributed by atoms with Gasteiger partial charge in [-0.3, -0.25) is 4.79 Å². The number of hydrogen-bond donors (Lipinski definition) is 2. The molecule has 0 aliphatic heterocycles. The van der Waals surface area contributed by atoms with E-state index in [9.17, 15) is 4.79 Å². The first kappa shape index (κ1) is 11.0. The van der Waals surface area contributed by atoms with E-state index in [1.54, 1.807) is 0 Å². The topological polar surface area (TPSA) is 78.9 Å². The maximum Gasteiger partial charge on any atom is 0.224 e. The number of carbonyl (C=O) groups excluding carboxylic acids is 1. The van der Waals surface area contributed by atoms with E-state index in [1.165, 1.54) is 0 Å². The fourth-order valence-electron chi connectivity index (χ4n) is 1.86. The van der Waals surface area contributed by atoms with E-state index in [0.29, 0.717) is 13.0 Å². The number of nitrogens with zero attached hydrogens (tertiary/aromatic N) is 1. The van der Waals surface area contributed by atoms with Crippen molar-refractivity contribution in [2.75, 3.05) is 6.54 Å². The molecule has 4 nitrogen and oxygen atoms in total. The van der Waals surface area contributed by atoms with Crippen LogP contribution >= 0.6 is 0 Å². The molecule has 1 amide bonds. The fourth-order valence-corrected chi connectivity index (χ4v) is 1.86. The van der Waals surface area contributed by atoms with Crippen molar-refractivity contribution >= 4 is 5.91 Å². The number of nitrogens with two attached hydrogens (primary N) is 1. The van der Waals surface area contributed by atoms with Crippen molar-refractivity contribution < 1.29 is 4.79 Å². The molecule has 0 spiro atoms. The second kappa shape index (κ2) is 5.61. The summed E-state index contributed by atoms with van der Waals surface area (Å²) in [5.74, 6) is -0.0186. The van der Waals surface area contributed by atoms with E-state index in [4.69, 9.17) is 11.0 Å². The van der Waals surface area contributed by atoms with Gasteiger partial charge in [0, 0.05) is 12.6 Å². The van der Waals surface area contributed by atoms with E-state index in [1.807, 2.05) is 6.07 Å². The third-order valence-electron chi connectivity index (χ3n) is 2.69. The summed E-state index contributed by atoms with van der Waals surface area (Å²) in [6.45, 7) is 0.443. The number of nitrogens with one attached hydrogen (secondary N) is 1. The first-order chi connectivity index (χ1) is 6.75. The first-order valence-electron chi connectivity index (χ1n) is 5.16. The van der Waals surface area contributed by atoms with Gasteiger partial charge in [-0.1, -0.05) is 12.8 Å². The molecule has 0 saturated heterocycles. The van der Waals surface area contributed by atoms with Crippen LogP contribution in [0.1, 0.15) is 32.1 Å². The molecule has 0 radical (unpaired) electrons. The molecule has 0 aromatic rings. The molecule has 2 unspecified atom stereocenters. The third kappa shape index (κ3) is 3.00. The van der Waals surface area contributed by atoms with Gasteiger partial charge >= 0.3 is 0 Å². The molecule has 0 heterocycles. The van der Waals surface area contributed by atoms with E-state index in [-0.39, 0.29) is 17.9 Å². The molecular formula is C10H17N3O. The third-order valence-corrected chi connectivity index (χ3v) is 2.69. The van der Waals surface area contributed by atoms with E-state index in [2.05, 4.69) is 5.32 Å². The standard InChI is InChI=1S/C10H17N3O/c11-6-3-7-13-10(14)8-4-1-2-5-9(8)12/h8-9H,1-5,7,12H2,(H,13,14). The molecule has 1 aliphatic carbocycles. The van der Waals surface area contributed by atoms with Crippen molar-refractivity contribution in [1.29, 1.82) is 5.26 Å². The summed E-state index contributed by atoms with van der Waals surface area (Å²) < 4.78 is 0. The highest BCUT2D eigenvalue weighted by atomic mass is 16.1. The molecule has 1 fully saturated rings. The van der Waals surface area contributed by atoms with Crippen LogP contribution in [0.2, 0.25) is 0 Å². The van der Waals surface area contributed by atoms with E-state index >= 15 is 0 Å². The summed E-state index contributed by atoms with van der Waals surface area (Å²) in [4.78, 5) is 11.6. The van der Waals surface area contributed by atoms with Gasteiger partial charge < -0.3 is 11.1 Å². The molecular weight excluding hydrogens is 178 g/mol. The molecule has 78 valence electrons. The Morgan fingerprint density at radius 2 is 2.21 bits per heavy atom. The smallest absolute Gasteiger partial charge is 0.224 e. The maximum absolute atomic E-state index is 11.6. The lowest BCUT2D eigenvalue weighted by Gasteiger charge is -2.27. The van der Waals surface area contributed by atoms with Crippen LogP contribution in [0, 0.1) is 17.2 Å². The van der Waals surface area contributed by atoms with Gasteiger partial charge in [-0.2, -0.15) is 5.26 Å². The Morgan fingerprint density at radius 1 is 1.50 bits per heavy atom. The largest absolute Gasteiger partial charge is 0.355 e. The summed E-state index contributed by atoms with van der Waals surface area (Å²) in [5, 5.41) is 11.1. The minimum Gasteiger partial charge on any atom is -0.355 e. The molecule has 1 aliphatic rings. The molecule has 0 aromatic carbocycles. The zero-order chi connectivity index (χ0) is 10.4. The van der Waals surface area contributed by atoms with Crippen molar-refractivity contribution in [3.05, 3.63) is 0 Å². The summed E-state index contributed by atoms with van der Waals surface area (Å²) in [5.41, 5.74) is 5.86. The van der Waals surface area contributed by atoms with Crippen LogP contribution in [0.4, 0.5) is 0 Å². The van der Waals surface area contributed by atoms with E-state index < -0.39 is 0 Å². The highest BCUT2D eigenvalue weighted by Crippen LogP contribution is 2.22. The predicted molar refractivity (Wildman–Crippen MR) is 53.2 cm³/mol. The summed E-state index contributed by atoms with van der Waals surface area (Å²) >= 11 is 0. The van der Waals surface area contributed by atoms with Crippen molar-refractivity contribution in [3.8, 4) is 6.07 Å². The molecule has 0 aromatic heterocycles. The number of carbonyl (C=O) groups is 1. The summed E-state index contributed by atoms with van der Waals surface area (Å²) in [6, 6.07) is 2.00. The van der Waals surface area contributed by atoms with Crippen molar-refractivity contribution in [1.82, 2.24) is 5.32 Å². The van der Waals surface area contributed by atoms with Gasteiger partial charge in [0.1, 0.15) is 0 Å². The average Bonchev–Trinajstić information content (AvgIpc) is 2.18. The lowest BCUT2D eigenvalue weighted by Crippen LogP contribution is -2.43. The van der Waals surface area contributed by atoms with Crippen molar-refractivity contribution in [2.24, 2.45) is 11.7 Å². The molecule has 14 heavy (non-hydrogen) atoms. The lowest BCUT2D eigenvalue weighted by atomic mass is 9.84. The predicted octanol–water partition coefficient (Wildman–Crippen LogP) is 0.534. The van der Waals surface area contributed by atoms with Crippen LogP contribution in [0.15, 0.2) is 0 Å². The number of amides is 1. The Kier molecular flexibility index (Phi) is 4.41. The molecule has 4 heteroatoms. The molecule has 3 N–H and O–H groups in total. The average molecular weight is 195 g/mol. The molecule has 1 rings (SSSR count). The highest BCUT2D eigenvalue weighted by molar-refractivity contribution is 5.79. The number of hydrogen-bond acceptors (Lipinski definition) is 3. The van der Waals surface area contributed by atoms with Gasteiger partial charge in [0.25, 0.3) is 0 Å². The van der Waals surface area contributed by atoms with Crippen molar-refractivity contribution in [3.63, 3.8) is 0 Å². The SMILES string of the molecule is N#CCCNC(=O)C1CCCCC1N. The highest BCUT2D eigenvalue weighted by Gasteiger charge is 2.27. The Bertz CT molecular complexity index is 234. The van der Waals surface area contributed by atoms with Crippen LogP contribution in [-0.4, -0.2) is 18.5 Å². The minimum atomic E-state index is -0.0394. The quantitative estimate of drug-likeness (QED) is 0.645. The van der Waals surface area contributed by atoms with Crippen molar-refractivity contribution in [2.45, 2.75) is 38.1 Å². The second-order valence-electron chi connectivity index (χ2n) is 3.75. The van der Waals surface area contributed by atoms with Gasteiger partial charge in [-0.25, -0.2) is 0 Å². The van der Waals surface area contributed by atoms with Crippen LogP contribution < -0.4 is 11.1 Å². The first-order valence-corrected chi connectivity index (χ1v) is 5.16. The number of nitriles is 1. The maximum atomic E-state index is 11.6. The Labute approximate surface area is 84.5 Å². The van der Waals surface area contributed by atoms with Gasteiger partial charge in [-0.05, 0) is 12.8 Å². The van der Waals surface area contributed by atoms with Gasteiger partial charge in [0.2, 0.25) is 5.91 Å². The minimum absolute atomic E-state index is 0.00540. The fraction of sp³-hybridized carbons (Fsp3) is 0.800. The second-order valence-corrected chi connectivity index (χ2v) is 3.75. The monoisotopic (exact) mass is 195 g/mol. The van der Waals surface area contributed by atoms with Crippen LogP contribution in [0.25, 0.3) is 0 Å². The Morgan fingerprint density at radius 3 is 2.86 bits per heavy atom.